The summed E-state index contributed by atoms with van der Waals surface area (Å²) in [5.74, 6) is -1.46. The lowest BCUT2D eigenvalue weighted by atomic mass is 10.1. The standard InChI is InChI=1S/C20H19Cl2N7O4/c1-26-6-5-13(24-26)8-16(20(32)33-2)28-11-18(30)27(10-19(28)31)15-7-12(21)3-4-14(15)29-9-17(22)23-25-29/h3-7,9,16H,8,10-11H2,1-2H3. The number of piperazine rings is 1. The highest BCUT2D eigenvalue weighted by atomic mass is 35.5. The van der Waals surface area contributed by atoms with Crippen molar-refractivity contribution in [2.75, 3.05) is 25.1 Å². The minimum absolute atomic E-state index is 0.117. The molecule has 2 aromatic heterocycles. The van der Waals surface area contributed by atoms with E-state index in [2.05, 4.69) is 15.4 Å². The van der Waals surface area contributed by atoms with E-state index in [0.29, 0.717) is 22.1 Å². The number of ether oxygens (including phenoxy) is 1. The number of carbonyl (C=O) groups excluding carboxylic acids is 3. The number of anilines is 1. The van der Waals surface area contributed by atoms with Gasteiger partial charge in [-0.3, -0.25) is 19.2 Å². The number of aromatic nitrogens is 5. The molecule has 33 heavy (non-hydrogen) atoms. The number of amides is 2. The van der Waals surface area contributed by atoms with Crippen LogP contribution in [0.3, 0.4) is 0 Å². The Morgan fingerprint density at radius 3 is 2.58 bits per heavy atom. The van der Waals surface area contributed by atoms with E-state index in [-0.39, 0.29) is 24.7 Å². The van der Waals surface area contributed by atoms with Crippen molar-refractivity contribution in [2.24, 2.45) is 7.05 Å². The summed E-state index contributed by atoms with van der Waals surface area (Å²) >= 11 is 12.1. The zero-order valence-corrected chi connectivity index (χ0v) is 19.2. The summed E-state index contributed by atoms with van der Waals surface area (Å²) in [6.45, 7) is -0.625. The Bertz CT molecular complexity index is 1220. The molecule has 0 bridgehead atoms. The number of halogens is 2. The Morgan fingerprint density at radius 2 is 1.94 bits per heavy atom. The first kappa shape index (κ1) is 22.7. The van der Waals surface area contributed by atoms with E-state index in [4.69, 9.17) is 27.9 Å². The van der Waals surface area contributed by atoms with Gasteiger partial charge in [0, 0.05) is 24.7 Å². The molecular weight excluding hydrogens is 473 g/mol. The van der Waals surface area contributed by atoms with Gasteiger partial charge >= 0.3 is 5.97 Å². The van der Waals surface area contributed by atoms with Crippen LogP contribution in [-0.4, -0.2) is 73.7 Å². The maximum atomic E-state index is 13.2. The highest BCUT2D eigenvalue weighted by molar-refractivity contribution is 6.31. The molecule has 1 aromatic carbocycles. The zero-order valence-electron chi connectivity index (χ0n) is 17.7. The molecule has 4 rings (SSSR count). The lowest BCUT2D eigenvalue weighted by molar-refractivity contribution is -0.154. The van der Waals surface area contributed by atoms with Gasteiger partial charge in [-0.25, -0.2) is 9.48 Å². The lowest BCUT2D eigenvalue weighted by Gasteiger charge is -2.37. The van der Waals surface area contributed by atoms with E-state index in [1.807, 2.05) is 0 Å². The smallest absolute Gasteiger partial charge is 0.329 e. The summed E-state index contributed by atoms with van der Waals surface area (Å²) in [5.41, 5.74) is 1.42. The molecule has 0 saturated carbocycles. The number of rotatable bonds is 6. The molecule has 1 unspecified atom stereocenters. The second-order valence-corrected chi connectivity index (χ2v) is 8.17. The van der Waals surface area contributed by atoms with Gasteiger partial charge in [-0.15, -0.1) is 5.10 Å². The first-order valence-electron chi connectivity index (χ1n) is 9.80. The SMILES string of the molecule is COC(=O)C(Cc1ccn(C)n1)N1CC(=O)N(c2cc(Cl)ccc2-n2cc(Cl)nn2)CC1=O. The molecule has 13 heteroatoms. The Hall–Kier alpha value is -3.44. The van der Waals surface area contributed by atoms with Crippen LogP contribution in [0.1, 0.15) is 5.69 Å². The largest absolute Gasteiger partial charge is 0.467 e. The second-order valence-electron chi connectivity index (χ2n) is 7.34. The maximum Gasteiger partial charge on any atom is 0.329 e. The highest BCUT2D eigenvalue weighted by Crippen LogP contribution is 2.30. The summed E-state index contributed by atoms with van der Waals surface area (Å²) in [4.78, 5) is 41.3. The number of nitrogens with zero attached hydrogens (tertiary/aromatic N) is 7. The fourth-order valence-corrected chi connectivity index (χ4v) is 3.92. The van der Waals surface area contributed by atoms with E-state index in [1.54, 1.807) is 42.2 Å². The summed E-state index contributed by atoms with van der Waals surface area (Å²) < 4.78 is 7.87. The fraction of sp³-hybridized carbons (Fsp3) is 0.300. The molecule has 1 aliphatic heterocycles. The van der Waals surface area contributed by atoms with Crippen molar-refractivity contribution in [2.45, 2.75) is 12.5 Å². The molecule has 11 nitrogen and oxygen atoms in total. The molecule has 1 fully saturated rings. The molecule has 1 saturated heterocycles. The average molecular weight is 492 g/mol. The summed E-state index contributed by atoms with van der Waals surface area (Å²) in [5, 5.41) is 12.5. The molecule has 1 aliphatic rings. The molecule has 172 valence electrons. The molecule has 3 aromatic rings. The van der Waals surface area contributed by atoms with Crippen molar-refractivity contribution in [1.82, 2.24) is 29.7 Å². The van der Waals surface area contributed by atoms with Gasteiger partial charge in [0.25, 0.3) is 0 Å². The molecular formula is C20H19Cl2N7O4. The topological polar surface area (TPSA) is 115 Å². The molecule has 0 radical (unpaired) electrons. The van der Waals surface area contributed by atoms with Crippen LogP contribution in [0.2, 0.25) is 10.2 Å². The van der Waals surface area contributed by atoms with E-state index in [1.165, 1.54) is 27.8 Å². The summed E-state index contributed by atoms with van der Waals surface area (Å²) in [6.07, 6.45) is 3.31. The van der Waals surface area contributed by atoms with Crippen molar-refractivity contribution >= 4 is 46.7 Å². The number of aryl methyl sites for hydroxylation is 1. The van der Waals surface area contributed by atoms with Gasteiger partial charge in [-0.1, -0.05) is 28.4 Å². The van der Waals surface area contributed by atoms with Gasteiger partial charge in [0.2, 0.25) is 11.8 Å². The fourth-order valence-electron chi connectivity index (χ4n) is 3.63. The number of hydrogen-bond donors (Lipinski definition) is 0. The van der Waals surface area contributed by atoms with Gasteiger partial charge in [-0.05, 0) is 24.3 Å². The monoisotopic (exact) mass is 491 g/mol. The normalized spacial score (nSPS) is 15.2. The van der Waals surface area contributed by atoms with Crippen LogP contribution in [0.15, 0.2) is 36.7 Å². The molecule has 2 amide bonds. The van der Waals surface area contributed by atoms with Crippen LogP contribution in [0.25, 0.3) is 5.69 Å². The number of esters is 1. The predicted octanol–water partition coefficient (Wildman–Crippen LogP) is 1.27. The van der Waals surface area contributed by atoms with Crippen molar-refractivity contribution in [3.8, 4) is 5.69 Å². The number of carbonyl (C=O) groups is 3. The summed E-state index contributed by atoms with van der Waals surface area (Å²) in [6, 6.07) is 5.57. The molecule has 0 spiro atoms. The van der Waals surface area contributed by atoms with E-state index >= 15 is 0 Å². The Morgan fingerprint density at radius 1 is 1.15 bits per heavy atom. The van der Waals surface area contributed by atoms with Gasteiger partial charge in [0.05, 0.1) is 30.4 Å². The van der Waals surface area contributed by atoms with E-state index < -0.39 is 23.8 Å². The van der Waals surface area contributed by atoms with Crippen LogP contribution in [0, 0.1) is 0 Å². The Balaban J connectivity index is 1.63. The van der Waals surface area contributed by atoms with E-state index in [9.17, 15) is 14.4 Å². The van der Waals surface area contributed by atoms with Crippen LogP contribution >= 0.6 is 23.2 Å². The van der Waals surface area contributed by atoms with Gasteiger partial charge in [-0.2, -0.15) is 5.10 Å². The number of benzene rings is 1. The lowest BCUT2D eigenvalue weighted by Crippen LogP contribution is -2.59. The van der Waals surface area contributed by atoms with Crippen LogP contribution in [0.4, 0.5) is 5.69 Å². The van der Waals surface area contributed by atoms with Crippen molar-refractivity contribution in [3.05, 3.63) is 52.5 Å². The van der Waals surface area contributed by atoms with Crippen molar-refractivity contribution < 1.29 is 19.1 Å². The molecule has 0 N–H and O–H groups in total. The third-order valence-corrected chi connectivity index (χ3v) is 5.59. The van der Waals surface area contributed by atoms with Crippen molar-refractivity contribution in [1.29, 1.82) is 0 Å². The average Bonchev–Trinajstić information content (AvgIpc) is 3.40. The Labute approximate surface area is 198 Å². The zero-order chi connectivity index (χ0) is 23.7. The quantitative estimate of drug-likeness (QED) is 0.476. The van der Waals surface area contributed by atoms with Gasteiger partial charge < -0.3 is 9.64 Å². The van der Waals surface area contributed by atoms with Crippen LogP contribution in [-0.2, 0) is 32.6 Å². The number of hydrogen-bond acceptors (Lipinski definition) is 7. The predicted molar refractivity (Wildman–Crippen MR) is 118 cm³/mol. The summed E-state index contributed by atoms with van der Waals surface area (Å²) in [7, 11) is 2.98. The maximum absolute atomic E-state index is 13.2. The molecule has 1 atom stereocenters. The van der Waals surface area contributed by atoms with Gasteiger partial charge in [0.1, 0.15) is 19.1 Å². The minimum Gasteiger partial charge on any atom is -0.467 e. The minimum atomic E-state index is -0.989. The third-order valence-electron chi connectivity index (χ3n) is 5.18. The van der Waals surface area contributed by atoms with Gasteiger partial charge in [0.15, 0.2) is 5.15 Å². The highest BCUT2D eigenvalue weighted by Gasteiger charge is 2.39. The first-order valence-corrected chi connectivity index (χ1v) is 10.6. The molecule has 3 heterocycles. The van der Waals surface area contributed by atoms with E-state index in [0.717, 1.165) is 0 Å². The third kappa shape index (κ3) is 4.69. The Kier molecular flexibility index (Phi) is 6.34. The van der Waals surface area contributed by atoms with Crippen LogP contribution in [0.5, 0.6) is 0 Å². The van der Waals surface area contributed by atoms with Crippen LogP contribution < -0.4 is 4.90 Å². The van der Waals surface area contributed by atoms with Crippen molar-refractivity contribution in [3.63, 3.8) is 0 Å². The second kappa shape index (κ2) is 9.20. The first-order chi connectivity index (χ1) is 15.8. The molecule has 0 aliphatic carbocycles. The number of methoxy groups -OCH3 is 1.